The Morgan fingerprint density at radius 3 is 3.11 bits per heavy atom. The lowest BCUT2D eigenvalue weighted by atomic mass is 10.1. The molecule has 94 valence electrons. The zero-order valence-electron chi connectivity index (χ0n) is 10.3. The number of hydrogen-bond donors (Lipinski definition) is 1. The molecular weight excluding hydrogens is 242 g/mol. The van der Waals surface area contributed by atoms with Crippen LogP contribution in [0.3, 0.4) is 0 Å². The number of benzene rings is 1. The second-order valence-electron chi connectivity index (χ2n) is 4.14. The van der Waals surface area contributed by atoms with Gasteiger partial charge >= 0.3 is 5.97 Å². The largest absolute Gasteiger partial charge is 0.462 e. The van der Waals surface area contributed by atoms with Crippen molar-refractivity contribution in [3.05, 3.63) is 41.6 Å². The van der Waals surface area contributed by atoms with Gasteiger partial charge < -0.3 is 14.1 Å². The molecule has 0 amide bonds. The molecule has 0 atom stereocenters. The third kappa shape index (κ3) is 1.66. The van der Waals surface area contributed by atoms with Crippen LogP contribution in [-0.2, 0) is 4.74 Å². The van der Waals surface area contributed by atoms with Gasteiger partial charge in [0.1, 0.15) is 11.7 Å². The van der Waals surface area contributed by atoms with Crippen LogP contribution in [0.1, 0.15) is 22.8 Å². The maximum absolute atomic E-state index is 11.8. The van der Waals surface area contributed by atoms with Gasteiger partial charge in [0.25, 0.3) is 0 Å². The first-order valence-electron chi connectivity index (χ1n) is 5.94. The van der Waals surface area contributed by atoms with Crippen LogP contribution in [0.2, 0.25) is 0 Å². The van der Waals surface area contributed by atoms with E-state index in [0.29, 0.717) is 11.1 Å². The normalized spacial score (nSPS) is 10.7. The minimum absolute atomic E-state index is 0.286. The minimum Gasteiger partial charge on any atom is -0.462 e. The van der Waals surface area contributed by atoms with E-state index in [1.807, 2.05) is 28.8 Å². The monoisotopic (exact) mass is 253 g/mol. The topological polar surface area (TPSA) is 70.3 Å². The Bertz CT molecular complexity index is 820. The molecule has 2 heterocycles. The molecule has 0 saturated carbocycles. The quantitative estimate of drug-likeness (QED) is 0.713. The number of nitriles is 1. The second kappa shape index (κ2) is 4.18. The number of esters is 1. The minimum atomic E-state index is -0.472. The van der Waals surface area contributed by atoms with Crippen molar-refractivity contribution in [2.75, 3.05) is 6.61 Å². The van der Waals surface area contributed by atoms with E-state index in [2.05, 4.69) is 4.98 Å². The highest BCUT2D eigenvalue weighted by Crippen LogP contribution is 2.22. The molecule has 5 heteroatoms. The Labute approximate surface area is 109 Å². The molecule has 0 aliphatic rings. The molecule has 0 aliphatic carbocycles. The summed E-state index contributed by atoms with van der Waals surface area (Å²) in [6.45, 7) is 2.02. The van der Waals surface area contributed by atoms with Gasteiger partial charge in [-0.25, -0.2) is 4.79 Å². The Kier molecular flexibility index (Phi) is 2.50. The third-order valence-corrected chi connectivity index (χ3v) is 3.02. The molecule has 3 aromatic rings. The van der Waals surface area contributed by atoms with Crippen molar-refractivity contribution < 1.29 is 9.53 Å². The van der Waals surface area contributed by atoms with E-state index in [0.717, 1.165) is 16.7 Å². The summed E-state index contributed by atoms with van der Waals surface area (Å²) in [4.78, 5) is 15.0. The molecule has 1 aromatic carbocycles. The summed E-state index contributed by atoms with van der Waals surface area (Å²) < 4.78 is 6.90. The highest BCUT2D eigenvalue weighted by Gasteiger charge is 2.15. The van der Waals surface area contributed by atoms with Crippen molar-refractivity contribution in [3.63, 3.8) is 0 Å². The van der Waals surface area contributed by atoms with Crippen molar-refractivity contribution in [2.45, 2.75) is 6.92 Å². The van der Waals surface area contributed by atoms with E-state index >= 15 is 0 Å². The van der Waals surface area contributed by atoms with Gasteiger partial charge in [0.2, 0.25) is 0 Å². The lowest BCUT2D eigenvalue weighted by molar-refractivity contribution is 0.0526. The van der Waals surface area contributed by atoms with Crippen LogP contribution < -0.4 is 0 Å². The summed E-state index contributed by atoms with van der Waals surface area (Å²) in [5.74, 6) is -0.472. The van der Waals surface area contributed by atoms with E-state index in [-0.39, 0.29) is 6.61 Å². The number of imidazole rings is 1. The number of nitrogens with zero attached hydrogens (tertiary/aromatic N) is 2. The maximum atomic E-state index is 11.8. The molecule has 0 fully saturated rings. The van der Waals surface area contributed by atoms with Gasteiger partial charge in [-0.1, -0.05) is 0 Å². The summed E-state index contributed by atoms with van der Waals surface area (Å²) >= 11 is 0. The van der Waals surface area contributed by atoms with Crippen LogP contribution >= 0.6 is 0 Å². The van der Waals surface area contributed by atoms with Crippen LogP contribution in [0.4, 0.5) is 0 Å². The zero-order chi connectivity index (χ0) is 13.4. The fourth-order valence-corrected chi connectivity index (χ4v) is 2.19. The molecule has 19 heavy (non-hydrogen) atoms. The van der Waals surface area contributed by atoms with E-state index in [4.69, 9.17) is 4.74 Å². The van der Waals surface area contributed by atoms with Gasteiger partial charge in [-0.3, -0.25) is 0 Å². The summed E-state index contributed by atoms with van der Waals surface area (Å²) in [7, 11) is 0. The van der Waals surface area contributed by atoms with E-state index in [1.165, 1.54) is 0 Å². The van der Waals surface area contributed by atoms with Crippen LogP contribution in [0.5, 0.6) is 0 Å². The van der Waals surface area contributed by atoms with Crippen LogP contribution in [0.15, 0.2) is 30.5 Å². The number of aromatic amines is 1. The van der Waals surface area contributed by atoms with Crippen molar-refractivity contribution in [1.82, 2.24) is 9.38 Å². The second-order valence-corrected chi connectivity index (χ2v) is 4.14. The van der Waals surface area contributed by atoms with Gasteiger partial charge in [0.05, 0.1) is 28.8 Å². The van der Waals surface area contributed by atoms with Crippen molar-refractivity contribution in [2.24, 2.45) is 0 Å². The number of nitrogens with one attached hydrogen (secondary N) is 1. The third-order valence-electron chi connectivity index (χ3n) is 3.02. The molecule has 3 rings (SSSR count). The van der Waals surface area contributed by atoms with Gasteiger partial charge in [0, 0.05) is 6.20 Å². The summed E-state index contributed by atoms with van der Waals surface area (Å²) in [6, 6.07) is 9.25. The van der Waals surface area contributed by atoms with Gasteiger partial charge in [-0.15, -0.1) is 0 Å². The number of ether oxygens (including phenoxy) is 1. The van der Waals surface area contributed by atoms with E-state index < -0.39 is 5.97 Å². The first-order valence-corrected chi connectivity index (χ1v) is 5.94. The van der Waals surface area contributed by atoms with E-state index in [1.54, 1.807) is 19.1 Å². The lowest BCUT2D eigenvalue weighted by Gasteiger charge is -2.04. The van der Waals surface area contributed by atoms with Crippen LogP contribution in [0, 0.1) is 11.3 Å². The summed E-state index contributed by atoms with van der Waals surface area (Å²) in [6.07, 6.45) is 1.90. The number of aromatic nitrogens is 2. The smallest absolute Gasteiger partial charge is 0.339 e. The Balaban J connectivity index is 2.28. The summed E-state index contributed by atoms with van der Waals surface area (Å²) in [5, 5.41) is 9.18. The first kappa shape index (κ1) is 11.4. The average molecular weight is 253 g/mol. The van der Waals surface area contributed by atoms with Crippen LogP contribution in [-0.4, -0.2) is 22.0 Å². The zero-order valence-corrected chi connectivity index (χ0v) is 10.3. The van der Waals surface area contributed by atoms with E-state index in [9.17, 15) is 10.1 Å². The molecule has 5 nitrogen and oxygen atoms in total. The Morgan fingerprint density at radius 1 is 1.53 bits per heavy atom. The van der Waals surface area contributed by atoms with Gasteiger partial charge in [-0.05, 0) is 31.2 Å². The van der Waals surface area contributed by atoms with Crippen molar-refractivity contribution in [1.29, 1.82) is 5.26 Å². The predicted molar refractivity (Wildman–Crippen MR) is 69.9 cm³/mol. The molecule has 0 radical (unpaired) electrons. The number of H-pyrrole nitrogens is 1. The molecular formula is C14H11N3O2. The first-order chi connectivity index (χ1) is 9.24. The Hall–Kier alpha value is -2.74. The molecule has 0 unspecified atom stereocenters. The predicted octanol–water partition coefficient (Wildman–Crippen LogP) is 2.47. The average Bonchev–Trinajstić information content (AvgIpc) is 2.97. The number of carbonyl (C=O) groups excluding carboxylic acids is 1. The molecule has 0 saturated heterocycles. The number of hydrogen-bond acceptors (Lipinski definition) is 3. The Morgan fingerprint density at radius 2 is 2.37 bits per heavy atom. The molecule has 0 bridgehead atoms. The lowest BCUT2D eigenvalue weighted by Crippen LogP contribution is -2.07. The van der Waals surface area contributed by atoms with Crippen molar-refractivity contribution >= 4 is 22.6 Å². The molecule has 0 spiro atoms. The number of rotatable bonds is 2. The fourth-order valence-electron chi connectivity index (χ4n) is 2.19. The number of carbonyl (C=O) groups is 1. The van der Waals surface area contributed by atoms with Gasteiger partial charge in [-0.2, -0.15) is 5.26 Å². The summed E-state index contributed by atoms with van der Waals surface area (Å²) in [5.41, 5.74) is 3.20. The number of fused-ring (bicyclic) bond motifs is 3. The SMILES string of the molecule is CCOC(=O)c1cc2[nH]c3cccn3c2cc1C#N. The van der Waals surface area contributed by atoms with Crippen LogP contribution in [0.25, 0.3) is 16.7 Å². The highest BCUT2D eigenvalue weighted by atomic mass is 16.5. The molecule has 2 aromatic heterocycles. The standard InChI is InChI=1S/C14H11N3O2/c1-2-19-14(18)10-7-11-12(6-9(10)8-15)17-5-3-4-13(17)16-11/h3-7,16H,2H2,1H3. The van der Waals surface area contributed by atoms with Crippen molar-refractivity contribution in [3.8, 4) is 6.07 Å². The molecule has 1 N–H and O–H groups in total. The highest BCUT2D eigenvalue weighted by molar-refractivity contribution is 5.97. The van der Waals surface area contributed by atoms with Gasteiger partial charge in [0.15, 0.2) is 0 Å². The fraction of sp³-hybridized carbons (Fsp3) is 0.143. The maximum Gasteiger partial charge on any atom is 0.339 e. The molecule has 0 aliphatic heterocycles.